The zero-order valence-electron chi connectivity index (χ0n) is 13.9. The molecule has 2 aromatic carbocycles. The lowest BCUT2D eigenvalue weighted by Crippen LogP contribution is -1.96. The van der Waals surface area contributed by atoms with Crippen LogP contribution < -0.4 is 18.9 Å². The number of phenols is 1. The normalized spacial score (nSPS) is 11.1. The third-order valence-electron chi connectivity index (χ3n) is 3.44. The first-order valence-corrected chi connectivity index (χ1v) is 7.08. The number of methoxy groups -OCH3 is 4. The Balaban J connectivity index is 2.45. The first-order valence-electron chi connectivity index (χ1n) is 7.08. The third kappa shape index (κ3) is 3.53. The minimum absolute atomic E-state index is 0.0658. The molecule has 0 aliphatic rings. The number of benzene rings is 2. The Morgan fingerprint density at radius 3 is 1.92 bits per heavy atom. The van der Waals surface area contributed by atoms with E-state index in [1.54, 1.807) is 12.1 Å². The molecular formula is C18H19FO5. The largest absolute Gasteiger partial charge is 0.504 e. The Bertz CT molecular complexity index is 730. The zero-order valence-corrected chi connectivity index (χ0v) is 13.9. The second-order valence-electron chi connectivity index (χ2n) is 4.84. The smallest absolute Gasteiger partial charge is 0.203 e. The Hall–Kier alpha value is -2.89. The van der Waals surface area contributed by atoms with Gasteiger partial charge in [-0.05, 0) is 35.9 Å². The summed E-state index contributed by atoms with van der Waals surface area (Å²) in [5.41, 5.74) is 0.749. The number of rotatable bonds is 6. The van der Waals surface area contributed by atoms with Crippen molar-refractivity contribution in [1.29, 1.82) is 0 Å². The topological polar surface area (TPSA) is 57.2 Å². The molecule has 2 aromatic rings. The van der Waals surface area contributed by atoms with Gasteiger partial charge in [0.15, 0.2) is 23.0 Å². The zero-order chi connectivity index (χ0) is 17.7. The van der Waals surface area contributed by atoms with Crippen LogP contribution in [0.4, 0.5) is 4.39 Å². The van der Waals surface area contributed by atoms with Gasteiger partial charge in [-0.3, -0.25) is 0 Å². The number of hydrogen-bond acceptors (Lipinski definition) is 5. The minimum Gasteiger partial charge on any atom is -0.504 e. The predicted molar refractivity (Wildman–Crippen MR) is 89.7 cm³/mol. The van der Waals surface area contributed by atoms with Crippen LogP contribution in [0.2, 0.25) is 0 Å². The lowest BCUT2D eigenvalue weighted by atomic mass is 10.1. The van der Waals surface area contributed by atoms with Crippen molar-refractivity contribution < 1.29 is 28.4 Å². The summed E-state index contributed by atoms with van der Waals surface area (Å²) in [5, 5.41) is 9.77. The van der Waals surface area contributed by atoms with Gasteiger partial charge in [-0.25, -0.2) is 4.39 Å². The molecule has 24 heavy (non-hydrogen) atoms. The summed E-state index contributed by atoms with van der Waals surface area (Å²) >= 11 is 0. The van der Waals surface area contributed by atoms with E-state index in [1.165, 1.54) is 52.7 Å². The Labute approximate surface area is 139 Å². The maximum absolute atomic E-state index is 14.6. The number of hydrogen-bond donors (Lipinski definition) is 1. The van der Waals surface area contributed by atoms with Crippen LogP contribution in [0.3, 0.4) is 0 Å². The molecule has 1 N–H and O–H groups in total. The van der Waals surface area contributed by atoms with Gasteiger partial charge in [-0.2, -0.15) is 0 Å². The minimum atomic E-state index is -0.515. The van der Waals surface area contributed by atoms with E-state index in [1.807, 2.05) is 0 Å². The molecule has 2 rings (SSSR count). The summed E-state index contributed by atoms with van der Waals surface area (Å²) in [6.07, 6.45) is 1.29. The van der Waals surface area contributed by atoms with E-state index >= 15 is 0 Å². The molecule has 0 saturated carbocycles. The highest BCUT2D eigenvalue weighted by molar-refractivity contribution is 5.79. The summed E-state index contributed by atoms with van der Waals surface area (Å²) < 4.78 is 35.2. The van der Waals surface area contributed by atoms with Crippen molar-refractivity contribution in [3.8, 4) is 28.7 Å². The molecule has 0 fully saturated rings. The monoisotopic (exact) mass is 334 g/mol. The van der Waals surface area contributed by atoms with Crippen molar-refractivity contribution in [1.82, 2.24) is 0 Å². The molecule has 0 bridgehead atoms. The van der Waals surface area contributed by atoms with Gasteiger partial charge in [0.2, 0.25) is 5.75 Å². The molecule has 0 aliphatic carbocycles. The first kappa shape index (κ1) is 17.5. The standard InChI is InChI=1S/C18H19FO5/c1-21-15-6-5-11(8-14(15)20)7-13(19)12-9-16(22-2)18(24-4)17(10-12)23-3/h5-10,20H,1-4H3/b13-7-. The fourth-order valence-corrected chi connectivity index (χ4v) is 2.25. The van der Waals surface area contributed by atoms with Crippen LogP contribution in [-0.2, 0) is 0 Å². The molecule has 0 aromatic heterocycles. The molecule has 0 unspecified atom stereocenters. The van der Waals surface area contributed by atoms with Crippen molar-refractivity contribution in [3.63, 3.8) is 0 Å². The SMILES string of the molecule is COc1ccc(/C=C(\F)c2cc(OC)c(OC)c(OC)c2)cc1O. The van der Waals surface area contributed by atoms with Crippen LogP contribution in [0, 0.1) is 0 Å². The van der Waals surface area contributed by atoms with Gasteiger partial charge >= 0.3 is 0 Å². The highest BCUT2D eigenvalue weighted by Gasteiger charge is 2.15. The molecule has 0 saturated heterocycles. The van der Waals surface area contributed by atoms with Gasteiger partial charge < -0.3 is 24.1 Å². The fraction of sp³-hybridized carbons (Fsp3) is 0.222. The van der Waals surface area contributed by atoms with Crippen LogP contribution in [0.1, 0.15) is 11.1 Å². The highest BCUT2D eigenvalue weighted by Crippen LogP contribution is 2.40. The van der Waals surface area contributed by atoms with Crippen molar-refractivity contribution in [2.45, 2.75) is 0 Å². The molecule has 0 spiro atoms. The van der Waals surface area contributed by atoms with Crippen molar-refractivity contribution >= 4 is 11.9 Å². The number of aromatic hydroxyl groups is 1. The molecule has 6 heteroatoms. The Morgan fingerprint density at radius 2 is 1.46 bits per heavy atom. The van der Waals surface area contributed by atoms with Crippen LogP contribution in [-0.4, -0.2) is 33.5 Å². The molecular weight excluding hydrogens is 315 g/mol. The number of ether oxygens (including phenoxy) is 4. The molecule has 0 heterocycles. The summed E-state index contributed by atoms with van der Waals surface area (Å²) in [6, 6.07) is 7.63. The third-order valence-corrected chi connectivity index (χ3v) is 3.44. The molecule has 128 valence electrons. The molecule has 0 atom stereocenters. The lowest BCUT2D eigenvalue weighted by Gasteiger charge is -2.13. The summed E-state index contributed by atoms with van der Waals surface area (Å²) in [6.45, 7) is 0. The summed E-state index contributed by atoms with van der Waals surface area (Å²) in [7, 11) is 5.85. The first-order chi connectivity index (χ1) is 11.5. The molecule has 5 nitrogen and oxygen atoms in total. The van der Waals surface area contributed by atoms with Crippen molar-refractivity contribution in [2.24, 2.45) is 0 Å². The van der Waals surface area contributed by atoms with Crippen LogP contribution in [0.15, 0.2) is 30.3 Å². The lowest BCUT2D eigenvalue weighted by molar-refractivity contribution is 0.324. The van der Waals surface area contributed by atoms with E-state index < -0.39 is 5.83 Å². The quantitative estimate of drug-likeness (QED) is 0.812. The van der Waals surface area contributed by atoms with E-state index in [2.05, 4.69) is 0 Å². The van der Waals surface area contributed by atoms with E-state index in [9.17, 15) is 9.50 Å². The van der Waals surface area contributed by atoms with Gasteiger partial charge in [-0.1, -0.05) is 6.07 Å². The second-order valence-corrected chi connectivity index (χ2v) is 4.84. The number of halogens is 1. The van der Waals surface area contributed by atoms with Crippen LogP contribution in [0.25, 0.3) is 11.9 Å². The second kappa shape index (κ2) is 7.59. The maximum Gasteiger partial charge on any atom is 0.203 e. The van der Waals surface area contributed by atoms with E-state index in [-0.39, 0.29) is 11.3 Å². The van der Waals surface area contributed by atoms with Crippen LogP contribution in [0.5, 0.6) is 28.7 Å². The Morgan fingerprint density at radius 1 is 0.875 bits per heavy atom. The van der Waals surface area contributed by atoms with E-state index in [0.717, 1.165) is 0 Å². The van der Waals surface area contributed by atoms with Gasteiger partial charge in [0.1, 0.15) is 5.83 Å². The molecule has 0 aliphatic heterocycles. The number of phenolic OH excluding ortho intramolecular Hbond substituents is 1. The highest BCUT2D eigenvalue weighted by atomic mass is 19.1. The fourth-order valence-electron chi connectivity index (χ4n) is 2.25. The van der Waals surface area contributed by atoms with Gasteiger partial charge in [0, 0.05) is 5.56 Å². The molecule has 0 amide bonds. The summed E-state index contributed by atoms with van der Waals surface area (Å²) in [4.78, 5) is 0. The van der Waals surface area contributed by atoms with Crippen LogP contribution >= 0.6 is 0 Å². The molecule has 0 radical (unpaired) electrons. The Kier molecular flexibility index (Phi) is 5.52. The van der Waals surface area contributed by atoms with Crippen molar-refractivity contribution in [3.05, 3.63) is 41.5 Å². The summed E-state index contributed by atoms with van der Waals surface area (Å²) in [5.74, 6) is 0.836. The van der Waals surface area contributed by atoms with Gasteiger partial charge in [0.25, 0.3) is 0 Å². The average Bonchev–Trinajstić information content (AvgIpc) is 2.60. The van der Waals surface area contributed by atoms with Gasteiger partial charge in [0.05, 0.1) is 28.4 Å². The maximum atomic E-state index is 14.6. The van der Waals surface area contributed by atoms with E-state index in [0.29, 0.717) is 28.6 Å². The van der Waals surface area contributed by atoms with Crippen molar-refractivity contribution in [2.75, 3.05) is 28.4 Å². The predicted octanol–water partition coefficient (Wildman–Crippen LogP) is 3.89. The average molecular weight is 334 g/mol. The van der Waals surface area contributed by atoms with E-state index in [4.69, 9.17) is 18.9 Å². The van der Waals surface area contributed by atoms with Gasteiger partial charge in [-0.15, -0.1) is 0 Å².